The minimum absolute atomic E-state index is 0.272. The van der Waals surface area contributed by atoms with Crippen molar-refractivity contribution in [3.63, 3.8) is 0 Å². The number of carboxylic acid groups (broad SMARTS) is 1. The van der Waals surface area contributed by atoms with Crippen molar-refractivity contribution < 1.29 is 9.90 Å². The smallest absolute Gasteiger partial charge is 0.322 e. The maximum atomic E-state index is 10.6. The van der Waals surface area contributed by atoms with Gasteiger partial charge in [-0.3, -0.25) is 4.79 Å². The number of rotatable bonds is 3. The van der Waals surface area contributed by atoms with Crippen LogP contribution in [0.4, 0.5) is 0 Å². The van der Waals surface area contributed by atoms with Crippen LogP contribution in [0, 0.1) is 20.8 Å². The summed E-state index contributed by atoms with van der Waals surface area (Å²) in [6.45, 7) is 5.91. The number of hydrogen-bond acceptors (Lipinski definition) is 3. The van der Waals surface area contributed by atoms with E-state index in [0.717, 1.165) is 17.2 Å². The summed E-state index contributed by atoms with van der Waals surface area (Å²) < 4.78 is 1.83. The second-order valence-electron chi connectivity index (χ2n) is 3.39. The highest BCUT2D eigenvalue weighted by Crippen LogP contribution is 2.09. The number of carboxylic acids is 1. The summed E-state index contributed by atoms with van der Waals surface area (Å²) >= 11 is 0. The van der Waals surface area contributed by atoms with Gasteiger partial charge in [-0.25, -0.2) is 4.98 Å². The van der Waals surface area contributed by atoms with Gasteiger partial charge < -0.3 is 15.4 Å². The van der Waals surface area contributed by atoms with Crippen molar-refractivity contribution in [3.05, 3.63) is 17.2 Å². The molecule has 0 saturated heterocycles. The fraction of sp³-hybridized carbons (Fsp3) is 0.556. The molecule has 3 N–H and O–H groups in total. The van der Waals surface area contributed by atoms with Gasteiger partial charge in [0, 0.05) is 12.2 Å². The number of nitrogens with two attached hydrogens (primary N) is 1. The van der Waals surface area contributed by atoms with Crippen molar-refractivity contribution in [2.75, 3.05) is 0 Å². The number of aryl methyl sites for hydroxylation is 2. The first-order valence-electron chi connectivity index (χ1n) is 4.42. The Bertz CT molecular complexity index is 357. The molecule has 14 heavy (non-hydrogen) atoms. The Morgan fingerprint density at radius 3 is 2.50 bits per heavy atom. The summed E-state index contributed by atoms with van der Waals surface area (Å²) in [6.07, 6.45) is 0. The average Bonchev–Trinajstić information content (AvgIpc) is 2.32. The van der Waals surface area contributed by atoms with Gasteiger partial charge in [-0.15, -0.1) is 0 Å². The van der Waals surface area contributed by atoms with Crippen molar-refractivity contribution in [1.29, 1.82) is 0 Å². The van der Waals surface area contributed by atoms with Gasteiger partial charge in [-0.05, 0) is 20.8 Å². The number of nitrogens with zero attached hydrogens (tertiary/aromatic N) is 2. The lowest BCUT2D eigenvalue weighted by Crippen LogP contribution is -2.35. The average molecular weight is 197 g/mol. The zero-order valence-electron chi connectivity index (χ0n) is 8.61. The molecule has 1 heterocycles. The van der Waals surface area contributed by atoms with Crippen LogP contribution in [0.5, 0.6) is 0 Å². The van der Waals surface area contributed by atoms with Gasteiger partial charge in [0.2, 0.25) is 0 Å². The third kappa shape index (κ3) is 1.93. The highest BCUT2D eigenvalue weighted by Gasteiger charge is 2.15. The predicted molar refractivity (Wildman–Crippen MR) is 52.0 cm³/mol. The molecular formula is C9H15N3O2. The Hall–Kier alpha value is -1.36. The zero-order valence-corrected chi connectivity index (χ0v) is 8.61. The predicted octanol–water partition coefficient (Wildman–Crippen LogP) is 0.220. The Morgan fingerprint density at radius 2 is 2.14 bits per heavy atom. The van der Waals surface area contributed by atoms with E-state index in [2.05, 4.69) is 4.98 Å². The number of aromatic nitrogens is 2. The molecule has 5 nitrogen and oxygen atoms in total. The first-order valence-corrected chi connectivity index (χ1v) is 4.42. The van der Waals surface area contributed by atoms with E-state index in [0.29, 0.717) is 0 Å². The Labute approximate surface area is 82.6 Å². The van der Waals surface area contributed by atoms with E-state index in [1.807, 2.05) is 25.3 Å². The Morgan fingerprint density at radius 1 is 1.57 bits per heavy atom. The highest BCUT2D eigenvalue weighted by molar-refractivity contribution is 5.72. The monoisotopic (exact) mass is 197 g/mol. The van der Waals surface area contributed by atoms with Crippen LogP contribution in [0.3, 0.4) is 0 Å². The zero-order chi connectivity index (χ0) is 10.9. The lowest BCUT2D eigenvalue weighted by molar-refractivity contribution is -0.138. The van der Waals surface area contributed by atoms with E-state index in [1.165, 1.54) is 0 Å². The van der Waals surface area contributed by atoms with Crippen LogP contribution in [0.2, 0.25) is 0 Å². The van der Waals surface area contributed by atoms with Crippen LogP contribution in [0.15, 0.2) is 0 Å². The van der Waals surface area contributed by atoms with Crippen molar-refractivity contribution in [2.45, 2.75) is 33.4 Å². The second kappa shape index (κ2) is 3.79. The second-order valence-corrected chi connectivity index (χ2v) is 3.39. The minimum Gasteiger partial charge on any atom is -0.480 e. The summed E-state index contributed by atoms with van der Waals surface area (Å²) in [5.74, 6) is -0.188. The van der Waals surface area contributed by atoms with Gasteiger partial charge in [0.25, 0.3) is 0 Å². The molecule has 0 aliphatic carbocycles. The minimum atomic E-state index is -0.991. The standard InChI is InChI=1S/C9H15N3O2/c1-5-6(2)12(7(3)11-5)4-8(10)9(13)14/h8H,4,10H2,1-3H3,(H,13,14). The SMILES string of the molecule is Cc1nc(C)n(CC(N)C(=O)O)c1C. The van der Waals surface area contributed by atoms with Gasteiger partial charge in [-0.1, -0.05) is 0 Å². The van der Waals surface area contributed by atoms with Crippen LogP contribution < -0.4 is 5.73 Å². The van der Waals surface area contributed by atoms with Gasteiger partial charge in [0.05, 0.1) is 5.69 Å². The van der Waals surface area contributed by atoms with Crippen LogP contribution in [0.25, 0.3) is 0 Å². The molecule has 1 rings (SSSR count). The number of carbonyl (C=O) groups is 1. The van der Waals surface area contributed by atoms with Crippen molar-refractivity contribution in [2.24, 2.45) is 5.73 Å². The Kier molecular flexibility index (Phi) is 2.90. The molecule has 0 amide bonds. The molecule has 0 radical (unpaired) electrons. The molecule has 1 unspecified atom stereocenters. The summed E-state index contributed by atoms with van der Waals surface area (Å²) in [5.41, 5.74) is 7.34. The van der Waals surface area contributed by atoms with Gasteiger partial charge in [0.1, 0.15) is 11.9 Å². The van der Waals surface area contributed by atoms with E-state index in [4.69, 9.17) is 10.8 Å². The molecule has 1 aromatic heterocycles. The molecular weight excluding hydrogens is 182 g/mol. The number of imidazole rings is 1. The molecule has 78 valence electrons. The maximum Gasteiger partial charge on any atom is 0.322 e. The van der Waals surface area contributed by atoms with Crippen LogP contribution >= 0.6 is 0 Å². The fourth-order valence-corrected chi connectivity index (χ4v) is 1.37. The summed E-state index contributed by atoms with van der Waals surface area (Å²) in [7, 11) is 0. The largest absolute Gasteiger partial charge is 0.480 e. The molecule has 0 spiro atoms. The van der Waals surface area contributed by atoms with E-state index in [1.54, 1.807) is 0 Å². The molecule has 0 aliphatic heterocycles. The summed E-state index contributed by atoms with van der Waals surface area (Å²) in [5, 5.41) is 8.67. The normalized spacial score (nSPS) is 12.9. The van der Waals surface area contributed by atoms with Crippen LogP contribution in [0.1, 0.15) is 17.2 Å². The van der Waals surface area contributed by atoms with E-state index >= 15 is 0 Å². The van der Waals surface area contributed by atoms with Crippen molar-refractivity contribution in [3.8, 4) is 0 Å². The quantitative estimate of drug-likeness (QED) is 0.726. The van der Waals surface area contributed by atoms with Gasteiger partial charge in [-0.2, -0.15) is 0 Å². The Balaban J connectivity index is 2.91. The first-order chi connectivity index (χ1) is 6.43. The fourth-order valence-electron chi connectivity index (χ4n) is 1.37. The summed E-state index contributed by atoms with van der Waals surface area (Å²) in [6, 6.07) is -0.874. The number of aliphatic carboxylic acids is 1. The topological polar surface area (TPSA) is 81.1 Å². The maximum absolute atomic E-state index is 10.6. The lowest BCUT2D eigenvalue weighted by atomic mass is 10.3. The molecule has 0 bridgehead atoms. The van der Waals surface area contributed by atoms with Gasteiger partial charge in [0.15, 0.2) is 0 Å². The molecule has 0 saturated carbocycles. The third-order valence-electron chi connectivity index (χ3n) is 2.35. The molecule has 0 fully saturated rings. The molecule has 1 aromatic rings. The lowest BCUT2D eigenvalue weighted by Gasteiger charge is -2.11. The van der Waals surface area contributed by atoms with E-state index in [-0.39, 0.29) is 6.54 Å². The number of hydrogen-bond donors (Lipinski definition) is 2. The third-order valence-corrected chi connectivity index (χ3v) is 2.35. The summed E-state index contributed by atoms with van der Waals surface area (Å²) in [4.78, 5) is 14.8. The molecule has 1 atom stereocenters. The molecule has 0 aliphatic rings. The first kappa shape index (κ1) is 10.7. The highest BCUT2D eigenvalue weighted by atomic mass is 16.4. The van der Waals surface area contributed by atoms with Crippen LogP contribution in [-0.4, -0.2) is 26.7 Å². The van der Waals surface area contributed by atoms with Gasteiger partial charge >= 0.3 is 5.97 Å². The van der Waals surface area contributed by atoms with Crippen LogP contribution in [-0.2, 0) is 11.3 Å². The van der Waals surface area contributed by atoms with Crippen molar-refractivity contribution in [1.82, 2.24) is 9.55 Å². The van der Waals surface area contributed by atoms with E-state index < -0.39 is 12.0 Å². The molecule has 5 heteroatoms. The molecule has 0 aromatic carbocycles. The van der Waals surface area contributed by atoms with Crippen molar-refractivity contribution >= 4 is 5.97 Å². The van der Waals surface area contributed by atoms with E-state index in [9.17, 15) is 4.79 Å².